The van der Waals surface area contributed by atoms with E-state index in [9.17, 15) is 13.2 Å². The molecule has 2 aliphatic heterocycles. The van der Waals surface area contributed by atoms with Gasteiger partial charge in [-0.1, -0.05) is 6.42 Å². The van der Waals surface area contributed by atoms with Gasteiger partial charge >= 0.3 is 0 Å². The van der Waals surface area contributed by atoms with Gasteiger partial charge in [0.15, 0.2) is 5.78 Å². The minimum absolute atomic E-state index is 0.0910. The van der Waals surface area contributed by atoms with E-state index < -0.39 is 10.2 Å². The van der Waals surface area contributed by atoms with Crippen molar-refractivity contribution in [1.82, 2.24) is 8.61 Å². The third-order valence-corrected chi connectivity index (χ3v) is 9.07. The third-order valence-electron chi connectivity index (χ3n) is 7.04. The number of ketones is 1. The Labute approximate surface area is 170 Å². The van der Waals surface area contributed by atoms with Gasteiger partial charge in [0.2, 0.25) is 0 Å². The first-order chi connectivity index (χ1) is 13.2. The van der Waals surface area contributed by atoms with E-state index in [0.29, 0.717) is 39.0 Å². The summed E-state index contributed by atoms with van der Waals surface area (Å²) in [4.78, 5) is 13.3. The number of carbonyl (C=O) groups is 1. The molecule has 0 aliphatic carbocycles. The van der Waals surface area contributed by atoms with Crippen molar-refractivity contribution in [3.05, 3.63) is 33.4 Å². The molecule has 0 unspecified atom stereocenters. The van der Waals surface area contributed by atoms with Crippen LogP contribution >= 0.6 is 0 Å². The molecule has 0 bridgehead atoms. The first-order valence-electron chi connectivity index (χ1n) is 10.5. The number of carbonyl (C=O) groups excluding carboxylic acids is 1. The Hall–Kier alpha value is -1.24. The quantitative estimate of drug-likeness (QED) is 0.714. The van der Waals surface area contributed by atoms with Gasteiger partial charge in [-0.3, -0.25) is 4.79 Å². The highest BCUT2D eigenvalue weighted by molar-refractivity contribution is 7.86. The molecule has 5 nitrogen and oxygen atoms in total. The Morgan fingerprint density at radius 2 is 1.14 bits per heavy atom. The van der Waals surface area contributed by atoms with Crippen LogP contribution in [0.1, 0.15) is 70.3 Å². The van der Waals surface area contributed by atoms with Gasteiger partial charge in [0.05, 0.1) is 0 Å². The summed E-state index contributed by atoms with van der Waals surface area (Å²) in [6, 6.07) is 0. The topological polar surface area (TPSA) is 57.7 Å². The molecule has 0 amide bonds. The minimum atomic E-state index is -3.38. The lowest BCUT2D eigenvalue weighted by molar-refractivity contribution is 0.0871. The molecule has 0 radical (unpaired) electrons. The second-order valence-corrected chi connectivity index (χ2v) is 10.4. The van der Waals surface area contributed by atoms with Crippen LogP contribution in [0.2, 0.25) is 0 Å². The monoisotopic (exact) mass is 406 g/mol. The van der Waals surface area contributed by atoms with Crippen molar-refractivity contribution in [2.75, 3.05) is 26.2 Å². The second kappa shape index (κ2) is 8.25. The van der Waals surface area contributed by atoms with E-state index in [2.05, 4.69) is 20.8 Å². The van der Waals surface area contributed by atoms with Gasteiger partial charge < -0.3 is 0 Å². The van der Waals surface area contributed by atoms with Gasteiger partial charge in [-0.15, -0.1) is 0 Å². The van der Waals surface area contributed by atoms with Crippen molar-refractivity contribution < 1.29 is 13.2 Å². The summed E-state index contributed by atoms with van der Waals surface area (Å²) in [5.41, 5.74) is 6.66. The Morgan fingerprint density at radius 1 is 0.714 bits per heavy atom. The summed E-state index contributed by atoms with van der Waals surface area (Å²) in [5.74, 6) is 0.0999. The van der Waals surface area contributed by atoms with E-state index in [1.165, 1.54) is 16.7 Å². The van der Waals surface area contributed by atoms with Crippen LogP contribution in [0.4, 0.5) is 0 Å². The molecule has 1 aromatic rings. The molecular weight excluding hydrogens is 372 g/mol. The molecule has 2 heterocycles. The van der Waals surface area contributed by atoms with Gasteiger partial charge in [-0.2, -0.15) is 17.0 Å². The van der Waals surface area contributed by atoms with Crippen molar-refractivity contribution in [1.29, 1.82) is 0 Å². The zero-order chi connectivity index (χ0) is 20.6. The fourth-order valence-corrected chi connectivity index (χ4v) is 6.40. The lowest BCUT2D eigenvalue weighted by atomic mass is 9.82. The van der Waals surface area contributed by atoms with Crippen LogP contribution < -0.4 is 0 Å². The van der Waals surface area contributed by atoms with Crippen LogP contribution in [0.3, 0.4) is 0 Å². The fourth-order valence-electron chi connectivity index (χ4n) is 4.68. The first kappa shape index (κ1) is 21.5. The lowest BCUT2D eigenvalue weighted by Crippen LogP contribution is -2.49. The zero-order valence-electron chi connectivity index (χ0n) is 18.0. The Kier molecular flexibility index (Phi) is 6.32. The van der Waals surface area contributed by atoms with Crippen LogP contribution in [-0.2, 0) is 10.2 Å². The Bertz CT molecular complexity index is 833. The number of nitrogens with zero attached hydrogens (tertiary/aromatic N) is 2. The lowest BCUT2D eigenvalue weighted by Gasteiger charge is -2.36. The maximum Gasteiger partial charge on any atom is 0.281 e. The van der Waals surface area contributed by atoms with Crippen molar-refractivity contribution in [2.45, 2.75) is 66.7 Å². The number of hydrogen-bond donors (Lipinski definition) is 0. The third kappa shape index (κ3) is 3.79. The molecule has 2 saturated heterocycles. The van der Waals surface area contributed by atoms with E-state index in [1.807, 2.05) is 13.8 Å². The van der Waals surface area contributed by atoms with Crippen molar-refractivity contribution in [3.8, 4) is 0 Å². The number of Topliss-reactive ketones (excluding diaryl/α,β-unsaturated/α-hetero) is 1. The van der Waals surface area contributed by atoms with Crippen LogP contribution in [0.15, 0.2) is 0 Å². The molecule has 3 rings (SSSR count). The largest absolute Gasteiger partial charge is 0.294 e. The molecule has 156 valence electrons. The van der Waals surface area contributed by atoms with E-state index >= 15 is 0 Å². The zero-order valence-corrected chi connectivity index (χ0v) is 18.8. The Balaban J connectivity index is 1.74. The van der Waals surface area contributed by atoms with Crippen molar-refractivity contribution in [3.63, 3.8) is 0 Å². The summed E-state index contributed by atoms with van der Waals surface area (Å²) >= 11 is 0. The standard InChI is InChI=1S/C22H34N2O3S/c1-15-16(2)18(4)21(19(5)17(15)3)22(25)20-9-13-24(14-10-20)28(26,27)23-11-7-6-8-12-23/h20H,6-14H2,1-5H3. The molecule has 1 aromatic carbocycles. The van der Waals surface area contributed by atoms with Gasteiger partial charge in [-0.25, -0.2) is 0 Å². The normalized spacial score (nSPS) is 20.5. The molecule has 0 saturated carbocycles. The van der Waals surface area contributed by atoms with E-state index in [1.54, 1.807) is 8.61 Å². The van der Waals surface area contributed by atoms with E-state index in [0.717, 1.165) is 36.0 Å². The molecule has 2 fully saturated rings. The predicted octanol–water partition coefficient (Wildman–Crippen LogP) is 3.85. The maximum absolute atomic E-state index is 13.3. The average Bonchev–Trinajstić information content (AvgIpc) is 2.71. The number of hydrogen-bond acceptors (Lipinski definition) is 3. The van der Waals surface area contributed by atoms with Gasteiger partial charge in [0.1, 0.15) is 0 Å². The number of benzene rings is 1. The summed E-state index contributed by atoms with van der Waals surface area (Å²) < 4.78 is 29.0. The summed E-state index contributed by atoms with van der Waals surface area (Å²) in [6.45, 7) is 12.5. The molecule has 2 aliphatic rings. The van der Waals surface area contributed by atoms with E-state index in [4.69, 9.17) is 0 Å². The van der Waals surface area contributed by atoms with E-state index in [-0.39, 0.29) is 11.7 Å². The summed E-state index contributed by atoms with van der Waals surface area (Å²) in [6.07, 6.45) is 4.21. The first-order valence-corrected chi connectivity index (χ1v) is 11.9. The summed E-state index contributed by atoms with van der Waals surface area (Å²) in [5, 5.41) is 0. The van der Waals surface area contributed by atoms with Crippen molar-refractivity contribution >= 4 is 16.0 Å². The number of piperidine rings is 2. The molecule has 0 N–H and O–H groups in total. The van der Waals surface area contributed by atoms with Crippen LogP contribution in [0.25, 0.3) is 0 Å². The fraction of sp³-hybridized carbons (Fsp3) is 0.682. The smallest absolute Gasteiger partial charge is 0.281 e. The van der Waals surface area contributed by atoms with Crippen molar-refractivity contribution in [2.24, 2.45) is 5.92 Å². The maximum atomic E-state index is 13.3. The van der Waals surface area contributed by atoms with Crippen LogP contribution in [0, 0.1) is 40.5 Å². The number of rotatable bonds is 4. The molecule has 28 heavy (non-hydrogen) atoms. The highest BCUT2D eigenvalue weighted by Crippen LogP contribution is 2.31. The highest BCUT2D eigenvalue weighted by Gasteiger charge is 2.36. The van der Waals surface area contributed by atoms with Crippen LogP contribution in [0.5, 0.6) is 0 Å². The minimum Gasteiger partial charge on any atom is -0.294 e. The molecule has 0 spiro atoms. The SMILES string of the molecule is Cc1c(C)c(C)c(C(=O)C2CCN(S(=O)(=O)N3CCCCC3)CC2)c(C)c1C. The van der Waals surface area contributed by atoms with Gasteiger partial charge in [-0.05, 0) is 88.1 Å². The van der Waals surface area contributed by atoms with Gasteiger partial charge in [0.25, 0.3) is 10.2 Å². The average molecular weight is 407 g/mol. The molecule has 6 heteroatoms. The second-order valence-electron chi connectivity index (χ2n) is 8.51. The van der Waals surface area contributed by atoms with Crippen LogP contribution in [-0.4, -0.2) is 49.0 Å². The Morgan fingerprint density at radius 3 is 1.64 bits per heavy atom. The molecular formula is C22H34N2O3S. The predicted molar refractivity (Wildman–Crippen MR) is 113 cm³/mol. The molecule has 0 atom stereocenters. The molecule has 0 aromatic heterocycles. The summed E-state index contributed by atoms with van der Waals surface area (Å²) in [7, 11) is -3.38. The highest BCUT2D eigenvalue weighted by atomic mass is 32.2. The van der Waals surface area contributed by atoms with Gasteiger partial charge in [0, 0.05) is 37.7 Å².